The van der Waals surface area contributed by atoms with Gasteiger partial charge in [-0.1, -0.05) is 17.8 Å². The van der Waals surface area contributed by atoms with Gasteiger partial charge in [-0.3, -0.25) is 0 Å². The third-order valence-corrected chi connectivity index (χ3v) is 3.63. The van der Waals surface area contributed by atoms with Gasteiger partial charge in [0.2, 0.25) is 0 Å². The second-order valence-electron chi connectivity index (χ2n) is 3.22. The van der Waals surface area contributed by atoms with Crippen molar-refractivity contribution in [2.75, 3.05) is 0 Å². The first-order valence-corrected chi connectivity index (χ1v) is 6.39. The lowest BCUT2D eigenvalue weighted by Crippen LogP contribution is -1.97. The Balaban J connectivity index is 2.24. The standard InChI is InChI=1S/C12H8BrNO2S/c13-10-7-8(4-5-9(10)12(15)16)17-11-3-1-2-6-14-11/h1-7H,(H,15,16). The first kappa shape index (κ1) is 12.1. The molecule has 1 aromatic heterocycles. The molecule has 0 amide bonds. The van der Waals surface area contributed by atoms with Crippen LogP contribution in [0.5, 0.6) is 0 Å². The third-order valence-electron chi connectivity index (χ3n) is 2.03. The third kappa shape index (κ3) is 3.08. The predicted molar refractivity (Wildman–Crippen MR) is 69.5 cm³/mol. The fourth-order valence-corrected chi connectivity index (χ4v) is 2.78. The van der Waals surface area contributed by atoms with Crippen LogP contribution in [0.2, 0.25) is 0 Å². The topological polar surface area (TPSA) is 50.2 Å². The van der Waals surface area contributed by atoms with Crippen molar-refractivity contribution >= 4 is 33.7 Å². The van der Waals surface area contributed by atoms with E-state index in [9.17, 15) is 4.79 Å². The maximum Gasteiger partial charge on any atom is 0.336 e. The van der Waals surface area contributed by atoms with Crippen LogP contribution in [0.25, 0.3) is 0 Å². The number of halogens is 1. The molecule has 3 nitrogen and oxygen atoms in total. The van der Waals surface area contributed by atoms with E-state index in [4.69, 9.17) is 5.11 Å². The fraction of sp³-hybridized carbons (Fsp3) is 0. The Hall–Kier alpha value is -1.33. The summed E-state index contributed by atoms with van der Waals surface area (Å²) in [7, 11) is 0. The molecule has 1 N–H and O–H groups in total. The number of aromatic nitrogens is 1. The number of pyridine rings is 1. The second kappa shape index (κ2) is 5.33. The van der Waals surface area contributed by atoms with Gasteiger partial charge in [0, 0.05) is 15.6 Å². The summed E-state index contributed by atoms with van der Waals surface area (Å²) in [5, 5.41) is 9.77. The van der Waals surface area contributed by atoms with Crippen LogP contribution in [0, 0.1) is 0 Å². The molecule has 0 bridgehead atoms. The van der Waals surface area contributed by atoms with Gasteiger partial charge in [0.15, 0.2) is 0 Å². The predicted octanol–water partition coefficient (Wildman–Crippen LogP) is 3.69. The van der Waals surface area contributed by atoms with Gasteiger partial charge in [-0.05, 0) is 46.3 Å². The molecule has 0 saturated heterocycles. The number of carboxylic acid groups (broad SMARTS) is 1. The van der Waals surface area contributed by atoms with Crippen LogP contribution in [0.3, 0.4) is 0 Å². The van der Waals surface area contributed by atoms with Gasteiger partial charge in [-0.15, -0.1) is 0 Å². The molecule has 86 valence electrons. The molecule has 1 aromatic carbocycles. The molecular weight excluding hydrogens is 302 g/mol. The zero-order valence-corrected chi connectivity index (χ0v) is 11.0. The van der Waals surface area contributed by atoms with E-state index in [1.807, 2.05) is 18.2 Å². The normalized spacial score (nSPS) is 10.2. The molecule has 0 aliphatic rings. The van der Waals surface area contributed by atoms with Crippen LogP contribution in [0.15, 0.2) is 57.0 Å². The molecule has 17 heavy (non-hydrogen) atoms. The molecule has 0 fully saturated rings. The maximum absolute atomic E-state index is 10.8. The van der Waals surface area contributed by atoms with Crippen LogP contribution < -0.4 is 0 Å². The van der Waals surface area contributed by atoms with E-state index in [0.717, 1.165) is 9.92 Å². The minimum atomic E-state index is -0.939. The highest BCUT2D eigenvalue weighted by atomic mass is 79.9. The summed E-state index contributed by atoms with van der Waals surface area (Å²) in [5.41, 5.74) is 0.260. The van der Waals surface area contributed by atoms with Crippen LogP contribution in [0.1, 0.15) is 10.4 Å². The molecule has 2 rings (SSSR count). The number of carbonyl (C=O) groups is 1. The van der Waals surface area contributed by atoms with E-state index in [0.29, 0.717) is 4.47 Å². The van der Waals surface area contributed by atoms with Crippen molar-refractivity contribution in [2.24, 2.45) is 0 Å². The van der Waals surface area contributed by atoms with Gasteiger partial charge in [0.1, 0.15) is 5.03 Å². The Morgan fingerprint density at radius 2 is 2.12 bits per heavy atom. The quantitative estimate of drug-likeness (QED) is 0.939. The Morgan fingerprint density at radius 3 is 2.71 bits per heavy atom. The molecular formula is C12H8BrNO2S. The number of carboxylic acids is 1. The van der Waals surface area contributed by atoms with E-state index in [1.165, 1.54) is 11.8 Å². The van der Waals surface area contributed by atoms with Gasteiger partial charge in [0.25, 0.3) is 0 Å². The van der Waals surface area contributed by atoms with Crippen molar-refractivity contribution < 1.29 is 9.90 Å². The number of hydrogen-bond acceptors (Lipinski definition) is 3. The van der Waals surface area contributed by atoms with Gasteiger partial charge in [-0.25, -0.2) is 9.78 Å². The second-order valence-corrected chi connectivity index (χ2v) is 5.16. The largest absolute Gasteiger partial charge is 0.478 e. The van der Waals surface area contributed by atoms with Crippen molar-refractivity contribution in [2.45, 2.75) is 9.92 Å². The number of rotatable bonds is 3. The number of aromatic carboxylic acids is 1. The average molecular weight is 310 g/mol. The van der Waals surface area contributed by atoms with Gasteiger partial charge in [-0.2, -0.15) is 0 Å². The molecule has 0 aliphatic heterocycles. The Kier molecular flexibility index (Phi) is 3.81. The summed E-state index contributed by atoms with van der Waals surface area (Å²) in [6.45, 7) is 0. The average Bonchev–Trinajstić information content (AvgIpc) is 2.30. The summed E-state index contributed by atoms with van der Waals surface area (Å²) in [4.78, 5) is 16.0. The summed E-state index contributed by atoms with van der Waals surface area (Å²) in [6.07, 6.45) is 1.73. The lowest BCUT2D eigenvalue weighted by atomic mass is 10.2. The van der Waals surface area contributed by atoms with E-state index >= 15 is 0 Å². The molecule has 5 heteroatoms. The Labute approximate surface area is 111 Å². The van der Waals surface area contributed by atoms with Crippen molar-refractivity contribution in [3.8, 4) is 0 Å². The summed E-state index contributed by atoms with van der Waals surface area (Å²) < 4.78 is 0.575. The smallest absolute Gasteiger partial charge is 0.336 e. The van der Waals surface area contributed by atoms with Gasteiger partial charge >= 0.3 is 5.97 Å². The molecule has 2 aromatic rings. The van der Waals surface area contributed by atoms with Crippen molar-refractivity contribution in [3.05, 3.63) is 52.6 Å². The SMILES string of the molecule is O=C(O)c1ccc(Sc2ccccn2)cc1Br. The Bertz CT molecular complexity index is 545. The summed E-state index contributed by atoms with van der Waals surface area (Å²) >= 11 is 4.73. The van der Waals surface area contributed by atoms with E-state index in [-0.39, 0.29) is 5.56 Å². The summed E-state index contributed by atoms with van der Waals surface area (Å²) in [6, 6.07) is 10.8. The molecule has 0 unspecified atom stereocenters. The molecule has 0 atom stereocenters. The molecule has 0 radical (unpaired) electrons. The van der Waals surface area contributed by atoms with Crippen molar-refractivity contribution in [1.82, 2.24) is 4.98 Å². The number of nitrogens with zero attached hydrogens (tertiary/aromatic N) is 1. The highest BCUT2D eigenvalue weighted by molar-refractivity contribution is 9.10. The van der Waals surface area contributed by atoms with Crippen LogP contribution in [-0.4, -0.2) is 16.1 Å². The lowest BCUT2D eigenvalue weighted by Gasteiger charge is -2.03. The molecule has 0 saturated carbocycles. The fourth-order valence-electron chi connectivity index (χ4n) is 1.26. The van der Waals surface area contributed by atoms with Gasteiger partial charge in [0.05, 0.1) is 5.56 Å². The van der Waals surface area contributed by atoms with Crippen LogP contribution >= 0.6 is 27.7 Å². The minimum Gasteiger partial charge on any atom is -0.478 e. The molecule has 0 aliphatic carbocycles. The number of hydrogen-bond donors (Lipinski definition) is 1. The van der Waals surface area contributed by atoms with Crippen LogP contribution in [-0.2, 0) is 0 Å². The van der Waals surface area contributed by atoms with Crippen LogP contribution in [0.4, 0.5) is 0 Å². The van der Waals surface area contributed by atoms with Gasteiger partial charge < -0.3 is 5.11 Å². The van der Waals surface area contributed by atoms with E-state index in [1.54, 1.807) is 24.4 Å². The van der Waals surface area contributed by atoms with Crippen molar-refractivity contribution in [3.63, 3.8) is 0 Å². The minimum absolute atomic E-state index is 0.260. The van der Waals surface area contributed by atoms with E-state index in [2.05, 4.69) is 20.9 Å². The molecule has 0 spiro atoms. The molecule has 1 heterocycles. The highest BCUT2D eigenvalue weighted by Gasteiger charge is 2.09. The van der Waals surface area contributed by atoms with Crippen molar-refractivity contribution in [1.29, 1.82) is 0 Å². The summed E-state index contributed by atoms with van der Waals surface area (Å²) in [5.74, 6) is -0.939. The lowest BCUT2D eigenvalue weighted by molar-refractivity contribution is 0.0696. The first-order valence-electron chi connectivity index (χ1n) is 4.78. The zero-order chi connectivity index (χ0) is 12.3. The number of benzene rings is 1. The van der Waals surface area contributed by atoms with E-state index < -0.39 is 5.97 Å². The maximum atomic E-state index is 10.8. The zero-order valence-electron chi connectivity index (χ0n) is 8.63. The highest BCUT2D eigenvalue weighted by Crippen LogP contribution is 2.29. The monoisotopic (exact) mass is 309 g/mol. The Morgan fingerprint density at radius 1 is 1.29 bits per heavy atom. The first-order chi connectivity index (χ1) is 8.16.